The SMILES string of the molecule is Cc1nc(Cl)cc(N2CCC(CF)CC2)n1. The van der Waals surface area contributed by atoms with Gasteiger partial charge in [0.15, 0.2) is 0 Å². The molecule has 0 spiro atoms. The molecule has 0 bridgehead atoms. The van der Waals surface area contributed by atoms with Gasteiger partial charge in [-0.25, -0.2) is 9.97 Å². The van der Waals surface area contributed by atoms with Crippen molar-refractivity contribution in [3.8, 4) is 0 Å². The van der Waals surface area contributed by atoms with Gasteiger partial charge in [0, 0.05) is 19.2 Å². The number of aryl methyl sites for hydroxylation is 1. The first kappa shape index (κ1) is 11.6. The van der Waals surface area contributed by atoms with Crippen molar-refractivity contribution in [2.24, 2.45) is 5.92 Å². The lowest BCUT2D eigenvalue weighted by Gasteiger charge is -2.31. The number of aromatic nitrogens is 2. The van der Waals surface area contributed by atoms with Gasteiger partial charge in [-0.1, -0.05) is 11.6 Å². The lowest BCUT2D eigenvalue weighted by atomic mass is 9.98. The summed E-state index contributed by atoms with van der Waals surface area (Å²) in [6.45, 7) is 3.31. The van der Waals surface area contributed by atoms with Crippen LogP contribution in [-0.2, 0) is 0 Å². The second-order valence-corrected chi connectivity index (χ2v) is 4.57. The highest BCUT2D eigenvalue weighted by Gasteiger charge is 2.20. The van der Waals surface area contributed by atoms with Crippen LogP contribution in [0, 0.1) is 12.8 Å². The fraction of sp³-hybridized carbons (Fsp3) is 0.636. The van der Waals surface area contributed by atoms with Crippen LogP contribution in [0.15, 0.2) is 6.07 Å². The standard InChI is InChI=1S/C11H15ClFN3/c1-8-14-10(12)6-11(15-8)16-4-2-9(7-13)3-5-16/h6,9H,2-5,7H2,1H3. The summed E-state index contributed by atoms with van der Waals surface area (Å²) in [5.74, 6) is 1.75. The minimum Gasteiger partial charge on any atom is -0.356 e. The molecule has 1 fully saturated rings. The molecule has 2 rings (SSSR count). The van der Waals surface area contributed by atoms with Crippen LogP contribution in [0.25, 0.3) is 0 Å². The van der Waals surface area contributed by atoms with Gasteiger partial charge < -0.3 is 4.90 Å². The van der Waals surface area contributed by atoms with Crippen LogP contribution in [0.1, 0.15) is 18.7 Å². The summed E-state index contributed by atoms with van der Waals surface area (Å²) in [7, 11) is 0. The molecule has 1 aliphatic rings. The zero-order valence-electron chi connectivity index (χ0n) is 9.29. The Kier molecular flexibility index (Phi) is 3.59. The molecular weight excluding hydrogens is 229 g/mol. The van der Waals surface area contributed by atoms with Gasteiger partial charge in [-0.2, -0.15) is 0 Å². The maximum Gasteiger partial charge on any atom is 0.134 e. The van der Waals surface area contributed by atoms with E-state index in [0.29, 0.717) is 11.0 Å². The van der Waals surface area contributed by atoms with Crippen LogP contribution >= 0.6 is 11.6 Å². The number of hydrogen-bond donors (Lipinski definition) is 0. The van der Waals surface area contributed by atoms with Crippen molar-refractivity contribution in [1.29, 1.82) is 0 Å². The number of rotatable bonds is 2. The van der Waals surface area contributed by atoms with Gasteiger partial charge in [0.25, 0.3) is 0 Å². The smallest absolute Gasteiger partial charge is 0.134 e. The Labute approximate surface area is 99.6 Å². The third-order valence-corrected chi connectivity index (χ3v) is 3.14. The van der Waals surface area contributed by atoms with Crippen molar-refractivity contribution in [2.45, 2.75) is 19.8 Å². The molecule has 0 radical (unpaired) electrons. The Balaban J connectivity index is 2.08. The number of anilines is 1. The Morgan fingerprint density at radius 1 is 1.44 bits per heavy atom. The van der Waals surface area contributed by atoms with Gasteiger partial charge in [0.1, 0.15) is 16.8 Å². The Bertz CT molecular complexity index is 344. The summed E-state index contributed by atoms with van der Waals surface area (Å²) in [4.78, 5) is 10.5. The van der Waals surface area contributed by atoms with E-state index in [1.165, 1.54) is 0 Å². The van der Waals surface area contributed by atoms with Crippen molar-refractivity contribution in [1.82, 2.24) is 9.97 Å². The lowest BCUT2D eigenvalue weighted by molar-refractivity contribution is 0.307. The third-order valence-electron chi connectivity index (χ3n) is 2.95. The molecule has 3 nitrogen and oxygen atoms in total. The minimum atomic E-state index is -0.211. The van der Waals surface area contributed by atoms with E-state index in [0.717, 1.165) is 31.7 Å². The highest BCUT2D eigenvalue weighted by Crippen LogP contribution is 2.23. The van der Waals surface area contributed by atoms with E-state index in [1.54, 1.807) is 6.07 Å². The average molecular weight is 244 g/mol. The number of nitrogens with zero attached hydrogens (tertiary/aromatic N) is 3. The van der Waals surface area contributed by atoms with Crippen LogP contribution < -0.4 is 4.90 Å². The predicted octanol–water partition coefficient (Wildman–Crippen LogP) is 2.62. The number of piperidine rings is 1. The largest absolute Gasteiger partial charge is 0.356 e. The Morgan fingerprint density at radius 3 is 2.69 bits per heavy atom. The highest BCUT2D eigenvalue weighted by molar-refractivity contribution is 6.29. The van der Waals surface area contributed by atoms with Crippen molar-refractivity contribution >= 4 is 17.4 Å². The van der Waals surface area contributed by atoms with Gasteiger partial charge in [-0.05, 0) is 25.7 Å². The predicted molar refractivity (Wildman–Crippen MR) is 62.7 cm³/mol. The lowest BCUT2D eigenvalue weighted by Crippen LogP contribution is -2.35. The summed E-state index contributed by atoms with van der Waals surface area (Å²) in [6.07, 6.45) is 1.77. The molecule has 0 unspecified atom stereocenters. The molecule has 16 heavy (non-hydrogen) atoms. The number of halogens is 2. The maximum absolute atomic E-state index is 12.5. The molecular formula is C11H15ClFN3. The molecule has 0 saturated carbocycles. The van der Waals surface area contributed by atoms with Crippen LogP contribution in [0.2, 0.25) is 5.15 Å². The molecule has 0 amide bonds. The normalized spacial score (nSPS) is 17.8. The molecule has 1 saturated heterocycles. The summed E-state index contributed by atoms with van der Waals surface area (Å²) in [5.41, 5.74) is 0. The summed E-state index contributed by atoms with van der Waals surface area (Å²) in [5, 5.41) is 0.468. The summed E-state index contributed by atoms with van der Waals surface area (Å²) >= 11 is 5.89. The van der Waals surface area contributed by atoms with E-state index in [1.807, 2.05) is 6.92 Å². The Morgan fingerprint density at radius 2 is 2.12 bits per heavy atom. The van der Waals surface area contributed by atoms with E-state index in [2.05, 4.69) is 14.9 Å². The number of hydrogen-bond acceptors (Lipinski definition) is 3. The van der Waals surface area contributed by atoms with Gasteiger partial charge in [0.2, 0.25) is 0 Å². The fourth-order valence-electron chi connectivity index (χ4n) is 1.99. The van der Waals surface area contributed by atoms with Gasteiger partial charge in [-0.15, -0.1) is 0 Å². The van der Waals surface area contributed by atoms with E-state index >= 15 is 0 Å². The number of alkyl halides is 1. The maximum atomic E-state index is 12.5. The van der Waals surface area contributed by atoms with Crippen molar-refractivity contribution in [2.75, 3.05) is 24.7 Å². The first-order valence-electron chi connectivity index (χ1n) is 5.51. The zero-order chi connectivity index (χ0) is 11.5. The van der Waals surface area contributed by atoms with E-state index < -0.39 is 0 Å². The second kappa shape index (κ2) is 4.95. The first-order chi connectivity index (χ1) is 7.69. The average Bonchev–Trinajstić information content (AvgIpc) is 2.28. The molecule has 0 aromatic carbocycles. The van der Waals surface area contributed by atoms with Crippen LogP contribution in [0.3, 0.4) is 0 Å². The minimum absolute atomic E-state index is 0.211. The van der Waals surface area contributed by atoms with Gasteiger partial charge in [-0.3, -0.25) is 4.39 Å². The topological polar surface area (TPSA) is 29.0 Å². The van der Waals surface area contributed by atoms with E-state index in [9.17, 15) is 4.39 Å². The van der Waals surface area contributed by atoms with Crippen LogP contribution in [-0.4, -0.2) is 29.7 Å². The molecule has 2 heterocycles. The Hall–Kier alpha value is -0.900. The first-order valence-corrected chi connectivity index (χ1v) is 5.89. The summed E-state index contributed by atoms with van der Waals surface area (Å²) in [6, 6.07) is 1.77. The van der Waals surface area contributed by atoms with Crippen LogP contribution in [0.5, 0.6) is 0 Å². The van der Waals surface area contributed by atoms with E-state index in [-0.39, 0.29) is 12.6 Å². The quantitative estimate of drug-likeness (QED) is 0.748. The molecule has 5 heteroatoms. The molecule has 0 atom stereocenters. The van der Waals surface area contributed by atoms with Gasteiger partial charge >= 0.3 is 0 Å². The molecule has 0 aliphatic carbocycles. The second-order valence-electron chi connectivity index (χ2n) is 4.18. The monoisotopic (exact) mass is 243 g/mol. The zero-order valence-corrected chi connectivity index (χ0v) is 10.0. The van der Waals surface area contributed by atoms with E-state index in [4.69, 9.17) is 11.6 Å². The van der Waals surface area contributed by atoms with Crippen molar-refractivity contribution < 1.29 is 4.39 Å². The molecule has 1 aromatic rings. The molecule has 0 N–H and O–H groups in total. The van der Waals surface area contributed by atoms with Crippen LogP contribution in [0.4, 0.5) is 10.2 Å². The van der Waals surface area contributed by atoms with Gasteiger partial charge in [0.05, 0.1) is 6.67 Å². The summed E-state index contributed by atoms with van der Waals surface area (Å²) < 4.78 is 12.5. The molecule has 1 aliphatic heterocycles. The third kappa shape index (κ3) is 2.61. The highest BCUT2D eigenvalue weighted by atomic mass is 35.5. The fourth-order valence-corrected chi connectivity index (χ4v) is 2.21. The van der Waals surface area contributed by atoms with Crippen molar-refractivity contribution in [3.63, 3.8) is 0 Å². The van der Waals surface area contributed by atoms with Crippen molar-refractivity contribution in [3.05, 3.63) is 17.0 Å². The molecule has 88 valence electrons. The molecule has 1 aromatic heterocycles.